The van der Waals surface area contributed by atoms with Crippen molar-refractivity contribution in [3.05, 3.63) is 42.0 Å². The SMILES string of the molecule is CC(C)(C)c1ccc2cc(N)ccc2c1. The van der Waals surface area contributed by atoms with Crippen LogP contribution < -0.4 is 5.73 Å². The third kappa shape index (κ3) is 1.96. The molecule has 0 aliphatic carbocycles. The third-order valence-electron chi connectivity index (χ3n) is 2.73. The molecule has 0 aromatic heterocycles. The predicted octanol–water partition coefficient (Wildman–Crippen LogP) is 3.72. The van der Waals surface area contributed by atoms with Crippen molar-refractivity contribution in [1.29, 1.82) is 0 Å². The number of hydrogen-bond donors (Lipinski definition) is 1. The van der Waals surface area contributed by atoms with E-state index < -0.39 is 0 Å². The highest BCUT2D eigenvalue weighted by Gasteiger charge is 2.13. The van der Waals surface area contributed by atoms with Crippen molar-refractivity contribution in [3.63, 3.8) is 0 Å². The first-order chi connectivity index (χ1) is 6.97. The van der Waals surface area contributed by atoms with Gasteiger partial charge in [-0.3, -0.25) is 0 Å². The molecule has 2 N–H and O–H groups in total. The van der Waals surface area contributed by atoms with Gasteiger partial charge in [-0.25, -0.2) is 0 Å². The van der Waals surface area contributed by atoms with Gasteiger partial charge in [-0.15, -0.1) is 0 Å². The lowest BCUT2D eigenvalue weighted by Crippen LogP contribution is -2.10. The van der Waals surface area contributed by atoms with Gasteiger partial charge in [0.05, 0.1) is 0 Å². The van der Waals surface area contributed by atoms with Crippen LogP contribution in [0.5, 0.6) is 0 Å². The Balaban J connectivity index is 2.62. The summed E-state index contributed by atoms with van der Waals surface area (Å²) in [5.74, 6) is 0. The van der Waals surface area contributed by atoms with E-state index >= 15 is 0 Å². The Kier molecular flexibility index (Phi) is 2.18. The van der Waals surface area contributed by atoms with Crippen LogP contribution in [0.1, 0.15) is 26.3 Å². The van der Waals surface area contributed by atoms with Crippen LogP contribution in [-0.4, -0.2) is 0 Å². The zero-order chi connectivity index (χ0) is 11.1. The van der Waals surface area contributed by atoms with Gasteiger partial charge in [0.25, 0.3) is 0 Å². The highest BCUT2D eigenvalue weighted by atomic mass is 14.5. The Bertz CT molecular complexity index is 492. The summed E-state index contributed by atoms with van der Waals surface area (Å²) in [4.78, 5) is 0. The first-order valence-electron chi connectivity index (χ1n) is 5.26. The van der Waals surface area contributed by atoms with Crippen LogP contribution in [-0.2, 0) is 5.41 Å². The molecule has 2 aromatic rings. The van der Waals surface area contributed by atoms with Crippen LogP contribution in [0.3, 0.4) is 0 Å². The summed E-state index contributed by atoms with van der Waals surface area (Å²) >= 11 is 0. The Morgan fingerprint density at radius 3 is 2.13 bits per heavy atom. The number of benzene rings is 2. The molecule has 0 fully saturated rings. The highest BCUT2D eigenvalue weighted by Crippen LogP contribution is 2.26. The zero-order valence-electron chi connectivity index (χ0n) is 9.54. The fourth-order valence-electron chi connectivity index (χ4n) is 1.73. The van der Waals surface area contributed by atoms with Crippen LogP contribution in [0.15, 0.2) is 36.4 Å². The summed E-state index contributed by atoms with van der Waals surface area (Å²) in [5.41, 5.74) is 8.14. The minimum absolute atomic E-state index is 0.204. The average molecular weight is 199 g/mol. The van der Waals surface area contributed by atoms with Crippen molar-refractivity contribution in [2.24, 2.45) is 0 Å². The first-order valence-corrected chi connectivity index (χ1v) is 5.26. The number of nitrogens with two attached hydrogens (primary N) is 1. The molecule has 0 radical (unpaired) electrons. The van der Waals surface area contributed by atoms with Gasteiger partial charge in [0.2, 0.25) is 0 Å². The van der Waals surface area contributed by atoms with E-state index in [9.17, 15) is 0 Å². The minimum atomic E-state index is 0.204. The summed E-state index contributed by atoms with van der Waals surface area (Å²) in [7, 11) is 0. The Morgan fingerprint density at radius 1 is 0.867 bits per heavy atom. The van der Waals surface area contributed by atoms with Crippen LogP contribution in [0, 0.1) is 0 Å². The molecule has 0 heterocycles. The van der Waals surface area contributed by atoms with Gasteiger partial charge in [-0.2, -0.15) is 0 Å². The van der Waals surface area contributed by atoms with Crippen LogP contribution >= 0.6 is 0 Å². The number of rotatable bonds is 0. The molecular weight excluding hydrogens is 182 g/mol. The summed E-state index contributed by atoms with van der Waals surface area (Å²) in [5, 5.41) is 2.47. The first kappa shape index (κ1) is 10.0. The van der Waals surface area contributed by atoms with Crippen molar-refractivity contribution in [2.75, 3.05) is 5.73 Å². The van der Waals surface area contributed by atoms with E-state index in [-0.39, 0.29) is 5.41 Å². The van der Waals surface area contributed by atoms with Crippen LogP contribution in [0.4, 0.5) is 5.69 Å². The van der Waals surface area contributed by atoms with Gasteiger partial charge in [0.1, 0.15) is 0 Å². The van der Waals surface area contributed by atoms with Gasteiger partial charge >= 0.3 is 0 Å². The normalized spacial score (nSPS) is 11.9. The molecule has 0 atom stereocenters. The zero-order valence-corrected chi connectivity index (χ0v) is 9.54. The van der Waals surface area contributed by atoms with Crippen molar-refractivity contribution in [1.82, 2.24) is 0 Å². The number of nitrogen functional groups attached to an aromatic ring is 1. The molecule has 15 heavy (non-hydrogen) atoms. The molecule has 0 unspecified atom stereocenters. The molecule has 0 bridgehead atoms. The van der Waals surface area contributed by atoms with E-state index in [1.54, 1.807) is 0 Å². The molecule has 1 nitrogen and oxygen atoms in total. The van der Waals surface area contributed by atoms with E-state index in [1.165, 1.54) is 16.3 Å². The molecule has 2 aromatic carbocycles. The standard InChI is InChI=1S/C14H17N/c1-14(2,3)12-6-4-11-9-13(15)7-5-10(11)8-12/h4-9H,15H2,1-3H3. The van der Waals surface area contributed by atoms with E-state index in [2.05, 4.69) is 45.0 Å². The van der Waals surface area contributed by atoms with Gasteiger partial charge < -0.3 is 5.73 Å². The minimum Gasteiger partial charge on any atom is -0.399 e. The Hall–Kier alpha value is -1.50. The number of anilines is 1. The molecule has 0 spiro atoms. The molecular formula is C14H17N. The van der Waals surface area contributed by atoms with Gasteiger partial charge in [-0.05, 0) is 33.9 Å². The van der Waals surface area contributed by atoms with E-state index in [1.807, 2.05) is 12.1 Å². The monoisotopic (exact) mass is 199 g/mol. The van der Waals surface area contributed by atoms with E-state index in [0.717, 1.165) is 5.69 Å². The van der Waals surface area contributed by atoms with Crippen molar-refractivity contribution in [2.45, 2.75) is 26.2 Å². The second-order valence-corrected chi connectivity index (χ2v) is 5.07. The highest BCUT2D eigenvalue weighted by molar-refractivity contribution is 5.86. The van der Waals surface area contributed by atoms with E-state index in [4.69, 9.17) is 5.73 Å². The summed E-state index contributed by atoms with van der Waals surface area (Å²) < 4.78 is 0. The molecule has 0 saturated heterocycles. The van der Waals surface area contributed by atoms with Gasteiger partial charge in [-0.1, -0.05) is 45.0 Å². The van der Waals surface area contributed by atoms with E-state index in [0.29, 0.717) is 0 Å². The summed E-state index contributed by atoms with van der Waals surface area (Å²) in [6.45, 7) is 6.68. The fourth-order valence-corrected chi connectivity index (χ4v) is 1.73. The lowest BCUT2D eigenvalue weighted by molar-refractivity contribution is 0.591. The quantitative estimate of drug-likeness (QED) is 0.643. The maximum Gasteiger partial charge on any atom is 0.0320 e. The van der Waals surface area contributed by atoms with Crippen LogP contribution in [0.25, 0.3) is 10.8 Å². The Labute approximate surface area is 90.9 Å². The van der Waals surface area contributed by atoms with Gasteiger partial charge in [0.15, 0.2) is 0 Å². The number of hydrogen-bond acceptors (Lipinski definition) is 1. The second kappa shape index (κ2) is 3.27. The smallest absolute Gasteiger partial charge is 0.0320 e. The predicted molar refractivity (Wildman–Crippen MR) is 67.1 cm³/mol. The lowest BCUT2D eigenvalue weighted by atomic mass is 9.86. The third-order valence-corrected chi connectivity index (χ3v) is 2.73. The fraction of sp³-hybridized carbons (Fsp3) is 0.286. The van der Waals surface area contributed by atoms with Crippen LogP contribution in [0.2, 0.25) is 0 Å². The van der Waals surface area contributed by atoms with Crippen molar-refractivity contribution in [3.8, 4) is 0 Å². The average Bonchev–Trinajstić information content (AvgIpc) is 2.15. The maximum absolute atomic E-state index is 5.75. The summed E-state index contributed by atoms with van der Waals surface area (Å²) in [6, 6.07) is 12.6. The number of fused-ring (bicyclic) bond motifs is 1. The molecule has 0 amide bonds. The lowest BCUT2D eigenvalue weighted by Gasteiger charge is -2.19. The molecule has 0 aliphatic rings. The topological polar surface area (TPSA) is 26.0 Å². The second-order valence-electron chi connectivity index (χ2n) is 5.07. The summed E-state index contributed by atoms with van der Waals surface area (Å²) in [6.07, 6.45) is 0. The van der Waals surface area contributed by atoms with Gasteiger partial charge in [0, 0.05) is 5.69 Å². The Morgan fingerprint density at radius 2 is 1.47 bits per heavy atom. The molecule has 0 aliphatic heterocycles. The maximum atomic E-state index is 5.75. The van der Waals surface area contributed by atoms with Crippen molar-refractivity contribution >= 4 is 16.5 Å². The molecule has 2 rings (SSSR count). The molecule has 1 heteroatoms. The van der Waals surface area contributed by atoms with Crippen molar-refractivity contribution < 1.29 is 0 Å². The molecule has 78 valence electrons. The largest absolute Gasteiger partial charge is 0.399 e. The molecule has 0 saturated carbocycles.